The van der Waals surface area contributed by atoms with Crippen LogP contribution in [0.4, 0.5) is 0 Å². The molecule has 2 aromatic heterocycles. The van der Waals surface area contributed by atoms with E-state index in [1.165, 1.54) is 12.1 Å². The Morgan fingerprint density at radius 3 is 2.59 bits per heavy atom. The van der Waals surface area contributed by atoms with Crippen LogP contribution < -0.4 is 4.72 Å². The zero-order chi connectivity index (χ0) is 24.3. The van der Waals surface area contributed by atoms with Crippen LogP contribution in [0, 0.1) is 5.92 Å². The number of esters is 1. The molecule has 4 aromatic rings. The van der Waals surface area contributed by atoms with E-state index in [9.17, 15) is 13.2 Å². The number of carbonyl (C=O) groups is 1. The summed E-state index contributed by atoms with van der Waals surface area (Å²) >= 11 is 0. The van der Waals surface area contributed by atoms with Gasteiger partial charge in [0.15, 0.2) is 0 Å². The van der Waals surface area contributed by atoms with Gasteiger partial charge in [0.05, 0.1) is 11.5 Å². The highest BCUT2D eigenvalue weighted by molar-refractivity contribution is 7.89. The Morgan fingerprint density at radius 1 is 1.06 bits per heavy atom. The number of aromatic nitrogens is 1. The highest BCUT2D eigenvalue weighted by atomic mass is 32.2. The lowest BCUT2D eigenvalue weighted by Gasteiger charge is -2.20. The SMILES string of the molecule is CCCCOC(=O)C(NS(=O)(=O)c1ccc2c(c1)oc1ccc(-c3cccnc3)cc12)C(C)C. The van der Waals surface area contributed by atoms with Gasteiger partial charge in [-0.1, -0.05) is 39.3 Å². The molecule has 4 rings (SSSR count). The van der Waals surface area contributed by atoms with E-state index in [4.69, 9.17) is 9.15 Å². The topological polar surface area (TPSA) is 98.5 Å². The van der Waals surface area contributed by atoms with Gasteiger partial charge < -0.3 is 9.15 Å². The average molecular weight is 481 g/mol. The number of benzene rings is 2. The summed E-state index contributed by atoms with van der Waals surface area (Å²) in [5, 5.41) is 1.69. The van der Waals surface area contributed by atoms with E-state index in [0.717, 1.165) is 34.7 Å². The number of furan rings is 1. The first-order valence-corrected chi connectivity index (χ1v) is 12.8. The first kappa shape index (κ1) is 23.9. The van der Waals surface area contributed by atoms with Crippen molar-refractivity contribution < 1.29 is 22.4 Å². The number of sulfonamides is 1. The van der Waals surface area contributed by atoms with Crippen molar-refractivity contribution in [2.24, 2.45) is 5.92 Å². The van der Waals surface area contributed by atoms with Crippen molar-refractivity contribution in [1.29, 1.82) is 0 Å². The summed E-state index contributed by atoms with van der Waals surface area (Å²) in [5.41, 5.74) is 3.08. The molecule has 178 valence electrons. The first-order valence-electron chi connectivity index (χ1n) is 11.4. The minimum atomic E-state index is -3.98. The predicted octanol–water partition coefficient (Wildman–Crippen LogP) is 5.29. The zero-order valence-electron chi connectivity index (χ0n) is 19.4. The molecular formula is C26H28N2O5S. The standard InChI is InChI=1S/C26H28N2O5S/c1-4-5-13-32-26(29)25(17(2)3)28-34(30,31)20-9-10-21-22-14-18(19-7-6-12-27-16-19)8-11-23(22)33-24(21)15-20/h6-12,14-17,25,28H,4-5,13H2,1-3H3. The lowest BCUT2D eigenvalue weighted by molar-refractivity contribution is -0.146. The van der Waals surface area contributed by atoms with Gasteiger partial charge in [-0.2, -0.15) is 4.72 Å². The molecule has 0 bridgehead atoms. The molecule has 0 spiro atoms. The van der Waals surface area contributed by atoms with E-state index in [1.54, 1.807) is 32.3 Å². The maximum absolute atomic E-state index is 13.1. The summed E-state index contributed by atoms with van der Waals surface area (Å²) in [5.74, 6) is -0.843. The zero-order valence-corrected chi connectivity index (χ0v) is 20.3. The van der Waals surface area contributed by atoms with Crippen molar-refractivity contribution in [2.75, 3.05) is 6.61 Å². The molecule has 0 aliphatic carbocycles. The molecule has 0 aliphatic heterocycles. The number of hydrogen-bond acceptors (Lipinski definition) is 6. The first-order chi connectivity index (χ1) is 16.3. The van der Waals surface area contributed by atoms with Crippen LogP contribution in [-0.4, -0.2) is 32.0 Å². The number of nitrogens with zero attached hydrogens (tertiary/aromatic N) is 1. The van der Waals surface area contributed by atoms with Gasteiger partial charge in [-0.25, -0.2) is 8.42 Å². The van der Waals surface area contributed by atoms with E-state index < -0.39 is 22.0 Å². The Hall–Kier alpha value is -3.23. The monoisotopic (exact) mass is 480 g/mol. The number of nitrogens with one attached hydrogen (secondary N) is 1. The summed E-state index contributed by atoms with van der Waals surface area (Å²) < 4.78 is 39.9. The highest BCUT2D eigenvalue weighted by Crippen LogP contribution is 2.33. The molecule has 2 aromatic carbocycles. The summed E-state index contributed by atoms with van der Waals surface area (Å²) in [4.78, 5) is 16.7. The molecule has 0 amide bonds. The molecule has 0 radical (unpaired) electrons. The molecule has 0 saturated carbocycles. The molecule has 34 heavy (non-hydrogen) atoms. The molecular weight excluding hydrogens is 452 g/mol. The fourth-order valence-electron chi connectivity index (χ4n) is 3.74. The molecule has 0 aliphatic rings. The molecule has 8 heteroatoms. The second-order valence-corrected chi connectivity index (χ2v) is 10.3. The minimum Gasteiger partial charge on any atom is -0.464 e. The van der Waals surface area contributed by atoms with Gasteiger partial charge in [0.25, 0.3) is 0 Å². The third kappa shape index (κ3) is 4.98. The van der Waals surface area contributed by atoms with Crippen molar-refractivity contribution in [1.82, 2.24) is 9.71 Å². The number of pyridine rings is 1. The maximum Gasteiger partial charge on any atom is 0.324 e. The fraction of sp³-hybridized carbons (Fsp3) is 0.308. The Balaban J connectivity index is 1.64. The average Bonchev–Trinajstić information content (AvgIpc) is 3.20. The van der Waals surface area contributed by atoms with Crippen molar-refractivity contribution in [3.63, 3.8) is 0 Å². The van der Waals surface area contributed by atoms with E-state index in [1.807, 2.05) is 37.3 Å². The lowest BCUT2D eigenvalue weighted by Crippen LogP contribution is -2.45. The molecule has 7 nitrogen and oxygen atoms in total. The van der Waals surface area contributed by atoms with Crippen LogP contribution in [-0.2, 0) is 19.6 Å². The lowest BCUT2D eigenvalue weighted by atomic mass is 10.0. The van der Waals surface area contributed by atoms with Gasteiger partial charge in [0.2, 0.25) is 10.0 Å². The summed E-state index contributed by atoms with van der Waals surface area (Å²) in [7, 11) is -3.98. The second kappa shape index (κ2) is 9.95. The number of carbonyl (C=O) groups excluding carboxylic acids is 1. The third-order valence-corrected chi connectivity index (χ3v) is 7.13. The molecule has 0 fully saturated rings. The molecule has 1 atom stereocenters. The smallest absolute Gasteiger partial charge is 0.324 e. The predicted molar refractivity (Wildman–Crippen MR) is 132 cm³/mol. The van der Waals surface area contributed by atoms with Crippen molar-refractivity contribution in [3.8, 4) is 11.1 Å². The maximum atomic E-state index is 13.1. The number of fused-ring (bicyclic) bond motifs is 3. The van der Waals surface area contributed by atoms with Crippen molar-refractivity contribution in [2.45, 2.75) is 44.6 Å². The van der Waals surface area contributed by atoms with Gasteiger partial charge >= 0.3 is 5.97 Å². The largest absolute Gasteiger partial charge is 0.464 e. The van der Waals surface area contributed by atoms with Crippen LogP contribution in [0.15, 0.2) is 70.2 Å². The Bertz CT molecular complexity index is 1410. The van der Waals surface area contributed by atoms with E-state index in [-0.39, 0.29) is 17.4 Å². The third-order valence-electron chi connectivity index (χ3n) is 5.69. The van der Waals surface area contributed by atoms with Gasteiger partial charge in [-0.3, -0.25) is 9.78 Å². The van der Waals surface area contributed by atoms with Gasteiger partial charge in [0, 0.05) is 34.8 Å². The normalized spacial score (nSPS) is 12.9. The molecule has 2 heterocycles. The highest BCUT2D eigenvalue weighted by Gasteiger charge is 2.30. The van der Waals surface area contributed by atoms with Crippen LogP contribution in [0.1, 0.15) is 33.6 Å². The number of rotatable bonds is 9. The quantitative estimate of drug-likeness (QED) is 0.258. The van der Waals surface area contributed by atoms with E-state index in [0.29, 0.717) is 11.2 Å². The van der Waals surface area contributed by atoms with E-state index in [2.05, 4.69) is 9.71 Å². The number of unbranched alkanes of at least 4 members (excludes halogenated alkanes) is 1. The van der Waals surface area contributed by atoms with E-state index >= 15 is 0 Å². The second-order valence-electron chi connectivity index (χ2n) is 8.58. The minimum absolute atomic E-state index is 0.0264. The molecule has 1 unspecified atom stereocenters. The van der Waals surface area contributed by atoms with Crippen LogP contribution >= 0.6 is 0 Å². The number of ether oxygens (including phenoxy) is 1. The van der Waals surface area contributed by atoms with Crippen molar-refractivity contribution >= 4 is 37.9 Å². The summed E-state index contributed by atoms with van der Waals surface area (Å²) in [6.07, 6.45) is 5.12. The summed E-state index contributed by atoms with van der Waals surface area (Å²) in [6.45, 7) is 5.81. The number of hydrogen-bond donors (Lipinski definition) is 1. The van der Waals surface area contributed by atoms with Crippen molar-refractivity contribution in [3.05, 3.63) is 60.9 Å². The van der Waals surface area contributed by atoms with Crippen LogP contribution in [0.5, 0.6) is 0 Å². The van der Waals surface area contributed by atoms with Gasteiger partial charge in [0.1, 0.15) is 17.2 Å². The Morgan fingerprint density at radius 2 is 1.88 bits per heavy atom. The van der Waals surface area contributed by atoms with Gasteiger partial charge in [-0.15, -0.1) is 0 Å². The van der Waals surface area contributed by atoms with Crippen LogP contribution in [0.3, 0.4) is 0 Å². The molecule has 1 N–H and O–H groups in total. The van der Waals surface area contributed by atoms with Crippen LogP contribution in [0.2, 0.25) is 0 Å². The Kier molecular flexibility index (Phi) is 7.00. The Labute approximate surface area is 199 Å². The van der Waals surface area contributed by atoms with Crippen LogP contribution in [0.25, 0.3) is 33.1 Å². The fourth-order valence-corrected chi connectivity index (χ4v) is 5.08. The summed E-state index contributed by atoms with van der Waals surface area (Å²) in [6, 6.07) is 13.4. The molecule has 0 saturated heterocycles. The van der Waals surface area contributed by atoms with Gasteiger partial charge in [-0.05, 0) is 48.2 Å².